The number of alkyl halides is 2. The molecule has 0 radical (unpaired) electrons. The van der Waals surface area contributed by atoms with Crippen molar-refractivity contribution in [2.45, 2.75) is 70.8 Å². The van der Waals surface area contributed by atoms with E-state index in [4.69, 9.17) is 10.5 Å². The van der Waals surface area contributed by atoms with Gasteiger partial charge in [-0.25, -0.2) is 8.78 Å². The number of carbonyl (C=O) groups is 1. The lowest BCUT2D eigenvalue weighted by atomic mass is 9.53. The van der Waals surface area contributed by atoms with E-state index in [2.05, 4.69) is 6.08 Å². The van der Waals surface area contributed by atoms with Crippen molar-refractivity contribution in [2.24, 2.45) is 28.9 Å². The summed E-state index contributed by atoms with van der Waals surface area (Å²) in [7, 11) is 0. The first-order chi connectivity index (χ1) is 11.0. The number of rotatable bonds is 5. The van der Waals surface area contributed by atoms with Crippen LogP contribution in [0.25, 0.3) is 0 Å². The Hall–Kier alpha value is -0.970. The molecular weight excluding hydrogens is 312 g/mol. The van der Waals surface area contributed by atoms with Crippen molar-refractivity contribution in [2.75, 3.05) is 6.54 Å². The Morgan fingerprint density at radius 2 is 2.00 bits per heavy atom. The standard InChI is InChI=1S/C19H29F2NO2/c1-17(2,3)24-16(23)10-18(11-22)9-14-5-12(6-15(14)18)4-13-7-19(20,21)8-13/h6,13-15H,4-5,7-11,22H2,1-3H3/t14-,15-,18-/m0/s1. The Bertz CT molecular complexity index is 544. The second kappa shape index (κ2) is 5.79. The maximum atomic E-state index is 13.0. The topological polar surface area (TPSA) is 52.3 Å². The third-order valence-electron chi connectivity index (χ3n) is 5.87. The van der Waals surface area contributed by atoms with Gasteiger partial charge in [0.1, 0.15) is 5.60 Å². The van der Waals surface area contributed by atoms with Crippen LogP contribution in [0.1, 0.15) is 59.3 Å². The minimum absolute atomic E-state index is 0.0274. The molecule has 2 fully saturated rings. The van der Waals surface area contributed by atoms with Crippen LogP contribution in [0.5, 0.6) is 0 Å². The van der Waals surface area contributed by atoms with Gasteiger partial charge in [-0.2, -0.15) is 0 Å². The van der Waals surface area contributed by atoms with E-state index in [1.54, 1.807) is 0 Å². The highest BCUT2D eigenvalue weighted by molar-refractivity contribution is 5.71. The average Bonchev–Trinajstić information content (AvgIpc) is 2.70. The van der Waals surface area contributed by atoms with Gasteiger partial charge in [0.2, 0.25) is 5.92 Å². The smallest absolute Gasteiger partial charge is 0.306 e. The largest absolute Gasteiger partial charge is 0.460 e. The lowest BCUT2D eigenvalue weighted by Crippen LogP contribution is -2.51. The van der Waals surface area contributed by atoms with Crippen molar-refractivity contribution in [3.05, 3.63) is 11.6 Å². The highest BCUT2D eigenvalue weighted by Crippen LogP contribution is 2.60. The number of ether oxygens (including phenoxy) is 1. The van der Waals surface area contributed by atoms with Gasteiger partial charge < -0.3 is 10.5 Å². The van der Waals surface area contributed by atoms with E-state index in [0.717, 1.165) is 19.3 Å². The van der Waals surface area contributed by atoms with E-state index < -0.39 is 11.5 Å². The van der Waals surface area contributed by atoms with Crippen molar-refractivity contribution in [1.29, 1.82) is 0 Å². The molecule has 0 unspecified atom stereocenters. The number of fused-ring (bicyclic) bond motifs is 1. The lowest BCUT2D eigenvalue weighted by molar-refractivity contribution is -0.162. The van der Waals surface area contributed by atoms with Crippen molar-refractivity contribution >= 4 is 5.97 Å². The fraction of sp³-hybridized carbons (Fsp3) is 0.842. The predicted octanol–water partition coefficient (Wildman–Crippen LogP) is 4.06. The van der Waals surface area contributed by atoms with E-state index in [1.165, 1.54) is 5.57 Å². The monoisotopic (exact) mass is 341 g/mol. The van der Waals surface area contributed by atoms with Gasteiger partial charge in [0, 0.05) is 12.8 Å². The number of esters is 1. The van der Waals surface area contributed by atoms with Gasteiger partial charge in [0.25, 0.3) is 0 Å². The van der Waals surface area contributed by atoms with Gasteiger partial charge in [0.15, 0.2) is 0 Å². The zero-order chi connectivity index (χ0) is 17.8. The second-order valence-corrected chi connectivity index (χ2v) is 9.18. The zero-order valence-electron chi connectivity index (χ0n) is 14.9. The average molecular weight is 341 g/mol. The van der Waals surface area contributed by atoms with E-state index in [-0.39, 0.29) is 30.1 Å². The van der Waals surface area contributed by atoms with E-state index in [1.807, 2.05) is 20.8 Å². The lowest BCUT2D eigenvalue weighted by Gasteiger charge is -2.51. The molecule has 2 saturated carbocycles. The van der Waals surface area contributed by atoms with Crippen LogP contribution in [0.2, 0.25) is 0 Å². The zero-order valence-corrected chi connectivity index (χ0v) is 14.9. The first-order valence-electron chi connectivity index (χ1n) is 9.01. The van der Waals surface area contributed by atoms with Crippen LogP contribution >= 0.6 is 0 Å². The molecule has 3 aliphatic rings. The second-order valence-electron chi connectivity index (χ2n) is 9.18. The van der Waals surface area contributed by atoms with Gasteiger partial charge in [-0.1, -0.05) is 11.6 Å². The number of halogens is 2. The van der Waals surface area contributed by atoms with Crippen molar-refractivity contribution in [3.8, 4) is 0 Å². The molecule has 0 spiro atoms. The third kappa shape index (κ3) is 3.51. The predicted molar refractivity (Wildman–Crippen MR) is 88.5 cm³/mol. The molecule has 3 aliphatic carbocycles. The summed E-state index contributed by atoms with van der Waals surface area (Å²) < 4.78 is 31.5. The normalized spacial score (nSPS) is 34.8. The van der Waals surface area contributed by atoms with E-state index in [0.29, 0.717) is 24.8 Å². The van der Waals surface area contributed by atoms with Crippen LogP contribution in [0, 0.1) is 23.2 Å². The molecule has 0 aromatic rings. The van der Waals surface area contributed by atoms with Gasteiger partial charge in [-0.3, -0.25) is 4.79 Å². The number of hydrogen-bond acceptors (Lipinski definition) is 3. The summed E-state index contributed by atoms with van der Waals surface area (Å²) in [5.41, 5.74) is 6.64. The van der Waals surface area contributed by atoms with Crippen LogP contribution in [0.3, 0.4) is 0 Å². The Kier molecular flexibility index (Phi) is 4.30. The number of carbonyl (C=O) groups excluding carboxylic acids is 1. The minimum Gasteiger partial charge on any atom is -0.460 e. The summed E-state index contributed by atoms with van der Waals surface area (Å²) in [5.74, 6) is -1.66. The van der Waals surface area contributed by atoms with Gasteiger partial charge >= 0.3 is 5.97 Å². The van der Waals surface area contributed by atoms with Crippen LogP contribution in [0.4, 0.5) is 8.78 Å². The number of nitrogens with two attached hydrogens (primary N) is 1. The molecule has 3 atom stereocenters. The number of allylic oxidation sites excluding steroid dienone is 2. The molecular formula is C19H29F2NO2. The van der Waals surface area contributed by atoms with Crippen LogP contribution in [-0.2, 0) is 9.53 Å². The molecule has 136 valence electrons. The molecule has 5 heteroatoms. The molecule has 0 aliphatic heterocycles. The molecule has 3 rings (SSSR count). The Morgan fingerprint density at radius 3 is 2.54 bits per heavy atom. The first kappa shape index (κ1) is 17.8. The molecule has 0 heterocycles. The van der Waals surface area contributed by atoms with Crippen LogP contribution < -0.4 is 5.73 Å². The van der Waals surface area contributed by atoms with Gasteiger partial charge in [0.05, 0.1) is 6.42 Å². The summed E-state index contributed by atoms with van der Waals surface area (Å²) >= 11 is 0. The third-order valence-corrected chi connectivity index (χ3v) is 5.87. The first-order valence-corrected chi connectivity index (χ1v) is 9.01. The maximum Gasteiger partial charge on any atom is 0.306 e. The Labute approximate surface area is 143 Å². The molecule has 0 saturated heterocycles. The fourth-order valence-corrected chi connectivity index (χ4v) is 4.89. The van der Waals surface area contributed by atoms with Crippen LogP contribution in [-0.4, -0.2) is 24.0 Å². The van der Waals surface area contributed by atoms with Crippen molar-refractivity contribution < 1.29 is 18.3 Å². The fourth-order valence-electron chi connectivity index (χ4n) is 4.89. The quantitative estimate of drug-likeness (QED) is 0.606. The Balaban J connectivity index is 1.58. The van der Waals surface area contributed by atoms with Gasteiger partial charge in [-0.15, -0.1) is 0 Å². The summed E-state index contributed by atoms with van der Waals surface area (Å²) in [6.45, 7) is 6.07. The highest BCUT2D eigenvalue weighted by Gasteiger charge is 2.56. The summed E-state index contributed by atoms with van der Waals surface area (Å²) in [5, 5.41) is 0. The Morgan fingerprint density at radius 1 is 1.33 bits per heavy atom. The SMILES string of the molecule is CC(C)(C)OC(=O)C[C@]1(CN)C[C@@H]2CC(CC3CC(F)(F)C3)=C[C@@H]21. The minimum atomic E-state index is -2.44. The van der Waals surface area contributed by atoms with Crippen molar-refractivity contribution in [1.82, 2.24) is 0 Å². The molecule has 0 aromatic carbocycles. The molecule has 24 heavy (non-hydrogen) atoms. The van der Waals surface area contributed by atoms with E-state index >= 15 is 0 Å². The molecule has 0 bridgehead atoms. The van der Waals surface area contributed by atoms with Crippen LogP contribution in [0.15, 0.2) is 11.6 Å². The van der Waals surface area contributed by atoms with Gasteiger partial charge in [-0.05, 0) is 69.7 Å². The summed E-state index contributed by atoms with van der Waals surface area (Å²) in [6, 6.07) is 0. The van der Waals surface area contributed by atoms with Crippen molar-refractivity contribution in [3.63, 3.8) is 0 Å². The maximum absolute atomic E-state index is 13.0. The molecule has 3 nitrogen and oxygen atoms in total. The highest BCUT2D eigenvalue weighted by atomic mass is 19.3. The summed E-state index contributed by atoms with van der Waals surface area (Å²) in [4.78, 5) is 12.2. The molecule has 2 N–H and O–H groups in total. The van der Waals surface area contributed by atoms with E-state index in [9.17, 15) is 13.6 Å². The number of hydrogen-bond donors (Lipinski definition) is 1. The molecule has 0 aromatic heterocycles. The summed E-state index contributed by atoms with van der Waals surface area (Å²) in [6.07, 6.45) is 5.36. The molecule has 0 amide bonds.